The van der Waals surface area contributed by atoms with Gasteiger partial charge in [-0.2, -0.15) is 0 Å². The lowest BCUT2D eigenvalue weighted by Gasteiger charge is -2.34. The molecule has 2 aromatic heterocycles. The highest BCUT2D eigenvalue weighted by atomic mass is 32.1. The summed E-state index contributed by atoms with van der Waals surface area (Å²) in [5.74, 6) is 0.711. The first kappa shape index (κ1) is 14.8. The van der Waals surface area contributed by atoms with Crippen molar-refractivity contribution >= 4 is 17.2 Å². The molecule has 5 nitrogen and oxygen atoms in total. The third-order valence-electron chi connectivity index (χ3n) is 4.44. The van der Waals surface area contributed by atoms with Crippen LogP contribution in [0.2, 0.25) is 0 Å². The van der Waals surface area contributed by atoms with Crippen LogP contribution in [0, 0.1) is 0 Å². The molecule has 23 heavy (non-hydrogen) atoms. The van der Waals surface area contributed by atoms with Crippen molar-refractivity contribution in [1.29, 1.82) is 0 Å². The summed E-state index contributed by atoms with van der Waals surface area (Å²) in [6.07, 6.45) is 4.29. The summed E-state index contributed by atoms with van der Waals surface area (Å²) in [7, 11) is 0. The standard InChI is InChI=1S/C17H20N4OS/c22-17(15-12-23-16(19-15)13-4-5-13)21-9-7-20(8-10-21)11-14-3-1-2-6-18-14/h1-3,6,12-13H,4-5,7-11H2. The normalized spacial score (nSPS) is 19.0. The predicted octanol–water partition coefficient (Wildman–Crippen LogP) is 2.37. The van der Waals surface area contributed by atoms with Crippen LogP contribution in [0.25, 0.3) is 0 Å². The Bertz CT molecular complexity index is 675. The molecule has 6 heteroatoms. The van der Waals surface area contributed by atoms with Gasteiger partial charge in [0, 0.05) is 50.2 Å². The smallest absolute Gasteiger partial charge is 0.273 e. The number of rotatable bonds is 4. The molecule has 1 amide bonds. The highest BCUT2D eigenvalue weighted by molar-refractivity contribution is 7.10. The Kier molecular flexibility index (Phi) is 4.10. The van der Waals surface area contributed by atoms with E-state index in [9.17, 15) is 4.79 Å². The van der Waals surface area contributed by atoms with Crippen molar-refractivity contribution in [2.45, 2.75) is 25.3 Å². The number of amides is 1. The molecule has 0 unspecified atom stereocenters. The summed E-state index contributed by atoms with van der Waals surface area (Å²) in [5, 5.41) is 3.07. The molecule has 2 fully saturated rings. The maximum absolute atomic E-state index is 12.6. The third-order valence-corrected chi connectivity index (χ3v) is 5.45. The number of hydrogen-bond acceptors (Lipinski definition) is 5. The first-order valence-corrected chi connectivity index (χ1v) is 9.04. The van der Waals surface area contributed by atoms with E-state index in [2.05, 4.69) is 14.9 Å². The number of piperazine rings is 1. The highest BCUT2D eigenvalue weighted by Crippen LogP contribution is 2.41. The predicted molar refractivity (Wildman–Crippen MR) is 89.5 cm³/mol. The van der Waals surface area contributed by atoms with Gasteiger partial charge in [-0.3, -0.25) is 14.7 Å². The molecule has 0 radical (unpaired) electrons. The fourth-order valence-electron chi connectivity index (χ4n) is 2.90. The molecule has 1 aliphatic heterocycles. The van der Waals surface area contributed by atoms with E-state index in [0.717, 1.165) is 43.4 Å². The molecule has 3 heterocycles. The van der Waals surface area contributed by atoms with Crippen LogP contribution in [0.1, 0.15) is 39.9 Å². The monoisotopic (exact) mass is 328 g/mol. The van der Waals surface area contributed by atoms with E-state index in [1.807, 2.05) is 34.7 Å². The van der Waals surface area contributed by atoms with Gasteiger partial charge < -0.3 is 4.90 Å². The number of nitrogens with zero attached hydrogens (tertiary/aromatic N) is 4. The van der Waals surface area contributed by atoms with Crippen LogP contribution in [-0.4, -0.2) is 51.9 Å². The zero-order chi connectivity index (χ0) is 15.6. The van der Waals surface area contributed by atoms with Crippen LogP contribution in [0.15, 0.2) is 29.8 Å². The maximum atomic E-state index is 12.6. The second kappa shape index (κ2) is 6.37. The zero-order valence-electron chi connectivity index (χ0n) is 13.0. The van der Waals surface area contributed by atoms with Crippen molar-refractivity contribution < 1.29 is 4.79 Å². The molecule has 2 aliphatic rings. The van der Waals surface area contributed by atoms with Crippen LogP contribution in [-0.2, 0) is 6.54 Å². The van der Waals surface area contributed by atoms with Crippen molar-refractivity contribution in [2.75, 3.05) is 26.2 Å². The summed E-state index contributed by atoms with van der Waals surface area (Å²) < 4.78 is 0. The molecule has 0 aromatic carbocycles. The Morgan fingerprint density at radius 1 is 1.22 bits per heavy atom. The lowest BCUT2D eigenvalue weighted by molar-refractivity contribution is 0.0622. The average molecular weight is 328 g/mol. The van der Waals surface area contributed by atoms with E-state index in [4.69, 9.17) is 0 Å². The molecule has 0 spiro atoms. The SMILES string of the molecule is O=C(c1csc(C2CC2)n1)N1CCN(Cc2ccccn2)CC1. The molecule has 120 valence electrons. The third kappa shape index (κ3) is 3.43. The minimum Gasteiger partial charge on any atom is -0.335 e. The second-order valence-electron chi connectivity index (χ2n) is 6.23. The molecule has 0 N–H and O–H groups in total. The van der Waals surface area contributed by atoms with Gasteiger partial charge in [0.05, 0.1) is 10.7 Å². The van der Waals surface area contributed by atoms with Crippen molar-refractivity contribution in [3.05, 3.63) is 46.2 Å². The van der Waals surface area contributed by atoms with E-state index in [-0.39, 0.29) is 5.91 Å². The Morgan fingerprint density at radius 2 is 2.04 bits per heavy atom. The van der Waals surface area contributed by atoms with E-state index in [0.29, 0.717) is 11.6 Å². The van der Waals surface area contributed by atoms with Crippen LogP contribution in [0.4, 0.5) is 0 Å². The first-order chi connectivity index (χ1) is 11.3. The Labute approximate surface area is 140 Å². The van der Waals surface area contributed by atoms with Crippen LogP contribution in [0.5, 0.6) is 0 Å². The number of carbonyl (C=O) groups excluding carboxylic acids is 1. The largest absolute Gasteiger partial charge is 0.335 e. The van der Waals surface area contributed by atoms with Gasteiger partial charge >= 0.3 is 0 Å². The Morgan fingerprint density at radius 3 is 2.74 bits per heavy atom. The average Bonchev–Trinajstić information content (AvgIpc) is 3.33. The molecule has 0 atom stereocenters. The van der Waals surface area contributed by atoms with E-state index in [1.54, 1.807) is 11.3 Å². The van der Waals surface area contributed by atoms with Crippen molar-refractivity contribution in [2.24, 2.45) is 0 Å². The summed E-state index contributed by atoms with van der Waals surface area (Å²) in [6.45, 7) is 4.17. The van der Waals surface area contributed by atoms with Gasteiger partial charge in [0.15, 0.2) is 0 Å². The molecular formula is C17H20N4OS. The molecule has 0 bridgehead atoms. The zero-order valence-corrected chi connectivity index (χ0v) is 13.8. The topological polar surface area (TPSA) is 49.3 Å². The maximum Gasteiger partial charge on any atom is 0.273 e. The van der Waals surface area contributed by atoms with Crippen molar-refractivity contribution in [3.8, 4) is 0 Å². The quantitative estimate of drug-likeness (QED) is 0.864. The van der Waals surface area contributed by atoms with Gasteiger partial charge in [-0.05, 0) is 25.0 Å². The Hall–Kier alpha value is -1.79. The van der Waals surface area contributed by atoms with Gasteiger partial charge in [0.2, 0.25) is 0 Å². The number of thiazole rings is 1. The molecular weight excluding hydrogens is 308 g/mol. The fourth-order valence-corrected chi connectivity index (χ4v) is 3.86. The highest BCUT2D eigenvalue weighted by Gasteiger charge is 2.29. The summed E-state index contributed by atoms with van der Waals surface area (Å²) in [4.78, 5) is 25.7. The lowest BCUT2D eigenvalue weighted by Crippen LogP contribution is -2.48. The minimum absolute atomic E-state index is 0.0886. The number of hydrogen-bond donors (Lipinski definition) is 0. The minimum atomic E-state index is 0.0886. The van der Waals surface area contributed by atoms with Gasteiger partial charge in [0.25, 0.3) is 5.91 Å². The van der Waals surface area contributed by atoms with Gasteiger partial charge in [-0.15, -0.1) is 11.3 Å². The fraction of sp³-hybridized carbons (Fsp3) is 0.471. The van der Waals surface area contributed by atoms with Gasteiger partial charge in [-0.1, -0.05) is 6.07 Å². The molecule has 2 aromatic rings. The van der Waals surface area contributed by atoms with E-state index in [1.165, 1.54) is 12.8 Å². The molecule has 1 saturated carbocycles. The number of pyridine rings is 1. The van der Waals surface area contributed by atoms with Gasteiger partial charge in [-0.25, -0.2) is 4.98 Å². The molecule has 1 aliphatic carbocycles. The second-order valence-corrected chi connectivity index (χ2v) is 7.12. The van der Waals surface area contributed by atoms with E-state index >= 15 is 0 Å². The van der Waals surface area contributed by atoms with Gasteiger partial charge in [0.1, 0.15) is 5.69 Å². The molecule has 4 rings (SSSR count). The summed E-state index contributed by atoms with van der Waals surface area (Å²) >= 11 is 1.64. The first-order valence-electron chi connectivity index (χ1n) is 8.16. The summed E-state index contributed by atoms with van der Waals surface area (Å²) in [6, 6.07) is 6.00. The van der Waals surface area contributed by atoms with Crippen LogP contribution in [0.3, 0.4) is 0 Å². The summed E-state index contributed by atoms with van der Waals surface area (Å²) in [5.41, 5.74) is 1.72. The molecule has 1 saturated heterocycles. The lowest BCUT2D eigenvalue weighted by atomic mass is 10.2. The van der Waals surface area contributed by atoms with Crippen molar-refractivity contribution in [3.63, 3.8) is 0 Å². The number of carbonyl (C=O) groups is 1. The van der Waals surface area contributed by atoms with Crippen LogP contribution >= 0.6 is 11.3 Å². The van der Waals surface area contributed by atoms with Crippen LogP contribution < -0.4 is 0 Å². The van der Waals surface area contributed by atoms with Crippen molar-refractivity contribution in [1.82, 2.24) is 19.8 Å². The Balaban J connectivity index is 1.32. The number of aromatic nitrogens is 2. The van der Waals surface area contributed by atoms with E-state index < -0.39 is 0 Å².